The predicted octanol–water partition coefficient (Wildman–Crippen LogP) is 4.23. The number of aryl methyl sites for hydroxylation is 3. The maximum atomic E-state index is 4.82. The first-order valence-electron chi connectivity index (χ1n) is 6.48. The van der Waals surface area contributed by atoms with Crippen LogP contribution in [0.1, 0.15) is 42.3 Å². The van der Waals surface area contributed by atoms with E-state index < -0.39 is 0 Å². The van der Waals surface area contributed by atoms with Crippen molar-refractivity contribution in [3.05, 3.63) is 27.8 Å². The molecule has 4 nitrogen and oxygen atoms in total. The number of nitrogens with zero attached hydrogens (tertiary/aromatic N) is 4. The van der Waals surface area contributed by atoms with Crippen LogP contribution in [-0.4, -0.2) is 16.3 Å². The molecule has 4 heteroatoms. The van der Waals surface area contributed by atoms with Gasteiger partial charge in [0.25, 0.3) is 0 Å². The van der Waals surface area contributed by atoms with Crippen LogP contribution in [-0.2, 0) is 0 Å². The Balaban J connectivity index is 2.43. The summed E-state index contributed by atoms with van der Waals surface area (Å²) in [5.74, 6) is 0.365. The maximum absolute atomic E-state index is 4.82. The fraction of sp³-hybridized carbons (Fsp3) is 0.400. The lowest BCUT2D eigenvalue weighted by molar-refractivity contribution is 0.806. The molecule has 0 amide bonds. The highest BCUT2D eigenvalue weighted by molar-refractivity contribution is 6.05. The number of benzene rings is 1. The normalized spacial score (nSPS) is 12.7. The average Bonchev–Trinajstić information content (AvgIpc) is 2.84. The van der Waals surface area contributed by atoms with Crippen LogP contribution in [0.5, 0.6) is 0 Å². The first kappa shape index (κ1) is 12.0. The lowest BCUT2D eigenvalue weighted by Gasteiger charge is -2.13. The molecule has 2 heterocycles. The Morgan fingerprint density at radius 1 is 1.00 bits per heavy atom. The van der Waals surface area contributed by atoms with Crippen LogP contribution in [0.3, 0.4) is 0 Å². The molecule has 0 fully saturated rings. The summed E-state index contributed by atoms with van der Waals surface area (Å²) >= 11 is 0. The van der Waals surface area contributed by atoms with Gasteiger partial charge < -0.3 is 0 Å². The minimum atomic E-state index is 0.365. The minimum absolute atomic E-state index is 0.365. The molecule has 0 aliphatic carbocycles. The number of rotatable bonds is 1. The van der Waals surface area contributed by atoms with E-state index in [9.17, 15) is 0 Å². The highest BCUT2D eigenvalue weighted by atomic mass is 15.0. The van der Waals surface area contributed by atoms with Crippen LogP contribution < -0.4 is 0 Å². The average molecular weight is 252 g/mol. The van der Waals surface area contributed by atoms with Crippen molar-refractivity contribution in [3.63, 3.8) is 0 Å². The quantitative estimate of drug-likeness (QED) is 0.713. The topological polar surface area (TPSA) is 52.2 Å². The van der Waals surface area contributed by atoms with Crippen LogP contribution in [0.25, 0.3) is 16.4 Å². The first-order chi connectivity index (χ1) is 9.00. The van der Waals surface area contributed by atoms with Crippen LogP contribution in [0, 0.1) is 20.8 Å². The standard InChI is InChI=1S/C15H16N4/c1-7(2)11-10(5)18-14-8(3)12-13(17-6-16-12)9(4)15(14)19-11/h7H,1-5H3. The van der Waals surface area contributed by atoms with E-state index in [2.05, 4.69) is 30.5 Å². The lowest BCUT2D eigenvalue weighted by atomic mass is 10.0. The second-order valence-electron chi connectivity index (χ2n) is 5.32. The highest BCUT2D eigenvalue weighted by Gasteiger charge is 2.23. The lowest BCUT2D eigenvalue weighted by Crippen LogP contribution is -2.02. The molecule has 3 rings (SSSR count). The van der Waals surface area contributed by atoms with E-state index in [0.29, 0.717) is 5.92 Å². The molecule has 0 unspecified atom stereocenters. The molecule has 2 aromatic rings. The van der Waals surface area contributed by atoms with Gasteiger partial charge in [0.2, 0.25) is 0 Å². The van der Waals surface area contributed by atoms with Crippen LogP contribution in [0.2, 0.25) is 0 Å². The summed E-state index contributed by atoms with van der Waals surface area (Å²) in [6.07, 6.45) is 2.69. The number of hydrogen-bond donors (Lipinski definition) is 0. The molecule has 0 bridgehead atoms. The van der Waals surface area contributed by atoms with E-state index in [1.54, 1.807) is 0 Å². The van der Waals surface area contributed by atoms with E-state index in [1.165, 1.54) is 0 Å². The summed E-state index contributed by atoms with van der Waals surface area (Å²) < 4.78 is 0. The highest BCUT2D eigenvalue weighted by Crippen LogP contribution is 2.45. The van der Waals surface area contributed by atoms with E-state index >= 15 is 0 Å². The SMILES string of the molecule is Cc1nc2c(C)c3c(c(C)c2nc1C(C)C)[N-][C+]=N3. The van der Waals surface area contributed by atoms with Gasteiger partial charge in [0, 0.05) is 6.34 Å². The fourth-order valence-corrected chi connectivity index (χ4v) is 2.58. The molecule has 96 valence electrons. The van der Waals surface area contributed by atoms with Gasteiger partial charge in [-0.25, -0.2) is 9.97 Å². The molecule has 0 radical (unpaired) electrons. The molecule has 1 aromatic heterocycles. The monoisotopic (exact) mass is 252 g/mol. The molecule has 0 saturated heterocycles. The third-order valence-electron chi connectivity index (χ3n) is 3.62. The van der Waals surface area contributed by atoms with Crippen LogP contribution in [0.4, 0.5) is 11.4 Å². The summed E-state index contributed by atoms with van der Waals surface area (Å²) in [5, 5.41) is 4.22. The van der Waals surface area contributed by atoms with Gasteiger partial charge in [0.15, 0.2) is 0 Å². The Labute approximate surface area is 113 Å². The van der Waals surface area contributed by atoms with Crippen molar-refractivity contribution in [1.82, 2.24) is 9.97 Å². The number of hydrogen-bond acceptors (Lipinski definition) is 3. The largest absolute Gasteiger partial charge is 0.256 e. The summed E-state index contributed by atoms with van der Waals surface area (Å²) in [4.78, 5) is 13.8. The van der Waals surface area contributed by atoms with E-state index in [0.717, 1.165) is 44.9 Å². The van der Waals surface area contributed by atoms with E-state index in [1.807, 2.05) is 20.8 Å². The first-order valence-corrected chi connectivity index (χ1v) is 6.48. The van der Waals surface area contributed by atoms with Crippen molar-refractivity contribution in [2.45, 2.75) is 40.5 Å². The summed E-state index contributed by atoms with van der Waals surface area (Å²) in [7, 11) is 0. The zero-order valence-electron chi connectivity index (χ0n) is 11.9. The van der Waals surface area contributed by atoms with Crippen molar-refractivity contribution >= 4 is 28.7 Å². The Morgan fingerprint density at radius 3 is 2.37 bits per heavy atom. The molecule has 1 aromatic carbocycles. The van der Waals surface area contributed by atoms with Crippen molar-refractivity contribution in [1.29, 1.82) is 0 Å². The van der Waals surface area contributed by atoms with Gasteiger partial charge in [-0.2, -0.15) is 0 Å². The minimum Gasteiger partial charge on any atom is -0.256 e. The Hall–Kier alpha value is -2.06. The molecular weight excluding hydrogens is 236 g/mol. The Kier molecular flexibility index (Phi) is 2.51. The summed E-state index contributed by atoms with van der Waals surface area (Å²) in [5.41, 5.74) is 7.77. The molecule has 0 N–H and O–H groups in total. The second-order valence-corrected chi connectivity index (χ2v) is 5.32. The van der Waals surface area contributed by atoms with Crippen molar-refractivity contribution in [3.8, 4) is 0 Å². The van der Waals surface area contributed by atoms with Crippen molar-refractivity contribution in [2.24, 2.45) is 4.99 Å². The van der Waals surface area contributed by atoms with Gasteiger partial charge >= 0.3 is 0 Å². The number of aliphatic imine (C=N–C) groups is 1. The molecular formula is C15H16N4. The van der Waals surface area contributed by atoms with Crippen LogP contribution >= 0.6 is 0 Å². The maximum Gasteiger partial charge on any atom is 0.130 e. The van der Waals surface area contributed by atoms with E-state index in [-0.39, 0.29) is 0 Å². The zero-order chi connectivity index (χ0) is 13.7. The van der Waals surface area contributed by atoms with Crippen molar-refractivity contribution < 1.29 is 0 Å². The van der Waals surface area contributed by atoms with Crippen molar-refractivity contribution in [2.75, 3.05) is 0 Å². The Morgan fingerprint density at radius 2 is 1.68 bits per heavy atom. The number of fused-ring (bicyclic) bond motifs is 2. The third-order valence-corrected chi connectivity index (χ3v) is 3.62. The van der Waals surface area contributed by atoms with Gasteiger partial charge in [0.05, 0.1) is 22.5 Å². The summed E-state index contributed by atoms with van der Waals surface area (Å²) in [6.45, 7) is 10.3. The van der Waals surface area contributed by atoms with Crippen LogP contribution in [0.15, 0.2) is 4.99 Å². The molecule has 0 atom stereocenters. The Bertz CT molecular complexity index is 714. The third kappa shape index (κ3) is 1.60. The predicted molar refractivity (Wildman–Crippen MR) is 78.0 cm³/mol. The van der Waals surface area contributed by atoms with Gasteiger partial charge in [-0.05, 0) is 26.7 Å². The smallest absolute Gasteiger partial charge is 0.130 e. The molecule has 1 aliphatic heterocycles. The fourth-order valence-electron chi connectivity index (χ4n) is 2.58. The van der Waals surface area contributed by atoms with Gasteiger partial charge in [-0.15, -0.1) is 0 Å². The van der Waals surface area contributed by atoms with Gasteiger partial charge in [-0.1, -0.05) is 13.8 Å². The molecule has 0 spiro atoms. The second kappa shape index (κ2) is 3.97. The molecule has 0 saturated carbocycles. The zero-order valence-corrected chi connectivity index (χ0v) is 11.9. The van der Waals surface area contributed by atoms with E-state index in [4.69, 9.17) is 9.97 Å². The van der Waals surface area contributed by atoms with Gasteiger partial charge in [-0.3, -0.25) is 10.3 Å². The molecule has 19 heavy (non-hydrogen) atoms. The molecule has 1 aliphatic rings. The summed E-state index contributed by atoms with van der Waals surface area (Å²) in [6, 6.07) is 0. The van der Waals surface area contributed by atoms with Gasteiger partial charge in [0.1, 0.15) is 22.4 Å². The number of aromatic nitrogens is 2.